The number of aryl methyl sites for hydroxylation is 1. The number of benzene rings is 1. The van der Waals surface area contributed by atoms with Gasteiger partial charge < -0.3 is 14.2 Å². The molecule has 2 heterocycles. The van der Waals surface area contributed by atoms with Crippen LogP contribution in [0.4, 0.5) is 4.39 Å². The first-order valence-corrected chi connectivity index (χ1v) is 8.82. The van der Waals surface area contributed by atoms with Crippen LogP contribution in [0.1, 0.15) is 25.7 Å². The number of nitrogens with zero attached hydrogens (tertiary/aromatic N) is 3. The zero-order valence-electron chi connectivity index (χ0n) is 14.3. The first-order valence-electron chi connectivity index (χ1n) is 8.82. The summed E-state index contributed by atoms with van der Waals surface area (Å²) in [5, 5.41) is 0. The van der Waals surface area contributed by atoms with Crippen molar-refractivity contribution >= 4 is 5.91 Å². The van der Waals surface area contributed by atoms with Gasteiger partial charge >= 0.3 is 0 Å². The van der Waals surface area contributed by atoms with Crippen LogP contribution < -0.4 is 4.74 Å². The number of carbonyl (C=O) groups is 1. The van der Waals surface area contributed by atoms with Crippen LogP contribution in [0.15, 0.2) is 43.0 Å². The molecule has 0 saturated carbocycles. The Morgan fingerprint density at radius 3 is 2.92 bits per heavy atom. The number of aromatic nitrogens is 2. The molecule has 25 heavy (non-hydrogen) atoms. The Kier molecular flexibility index (Phi) is 6.04. The van der Waals surface area contributed by atoms with Crippen LogP contribution in [0.2, 0.25) is 0 Å². The monoisotopic (exact) mass is 345 g/mol. The molecule has 1 amide bonds. The predicted octanol–water partition coefficient (Wildman–Crippen LogP) is 3.12. The zero-order chi connectivity index (χ0) is 17.5. The Bertz CT molecular complexity index is 658. The summed E-state index contributed by atoms with van der Waals surface area (Å²) in [6.45, 7) is 2.95. The molecule has 1 aromatic carbocycles. The Labute approximate surface area is 147 Å². The third-order valence-electron chi connectivity index (χ3n) is 4.54. The van der Waals surface area contributed by atoms with E-state index < -0.39 is 0 Å². The minimum Gasteiger partial charge on any atom is -0.493 e. The molecule has 0 N–H and O–H groups in total. The fourth-order valence-electron chi connectivity index (χ4n) is 3.16. The molecule has 0 radical (unpaired) electrons. The zero-order valence-corrected chi connectivity index (χ0v) is 14.3. The molecule has 5 nitrogen and oxygen atoms in total. The molecule has 1 aromatic heterocycles. The van der Waals surface area contributed by atoms with Gasteiger partial charge in [-0.3, -0.25) is 4.79 Å². The van der Waals surface area contributed by atoms with Crippen LogP contribution in [-0.2, 0) is 11.3 Å². The highest BCUT2D eigenvalue weighted by Gasteiger charge is 2.23. The number of halogens is 1. The average Bonchev–Trinajstić information content (AvgIpc) is 3.15. The summed E-state index contributed by atoms with van der Waals surface area (Å²) in [5.41, 5.74) is 0. The van der Waals surface area contributed by atoms with Crippen molar-refractivity contribution in [3.63, 3.8) is 0 Å². The average molecular weight is 345 g/mol. The third-order valence-corrected chi connectivity index (χ3v) is 4.54. The summed E-state index contributed by atoms with van der Waals surface area (Å²) in [4.78, 5) is 18.4. The fraction of sp³-hybridized carbons (Fsp3) is 0.474. The third kappa shape index (κ3) is 5.31. The Hall–Kier alpha value is -2.37. The maximum atomic E-state index is 12.9. The molecule has 1 aliphatic rings. The van der Waals surface area contributed by atoms with E-state index in [9.17, 15) is 9.18 Å². The van der Waals surface area contributed by atoms with E-state index in [4.69, 9.17) is 4.74 Å². The Morgan fingerprint density at radius 1 is 1.32 bits per heavy atom. The van der Waals surface area contributed by atoms with Crippen molar-refractivity contribution in [2.45, 2.75) is 32.2 Å². The maximum Gasteiger partial charge on any atom is 0.222 e. The molecule has 1 saturated heterocycles. The van der Waals surface area contributed by atoms with Crippen LogP contribution >= 0.6 is 0 Å². The largest absolute Gasteiger partial charge is 0.493 e. The van der Waals surface area contributed by atoms with Crippen molar-refractivity contribution in [2.24, 2.45) is 5.92 Å². The van der Waals surface area contributed by atoms with E-state index in [0.717, 1.165) is 38.9 Å². The summed E-state index contributed by atoms with van der Waals surface area (Å²) in [6, 6.07) is 6.06. The van der Waals surface area contributed by atoms with Crippen LogP contribution in [0.3, 0.4) is 0 Å². The summed E-state index contributed by atoms with van der Waals surface area (Å²) in [5.74, 6) is 0.950. The van der Waals surface area contributed by atoms with Gasteiger partial charge in [0.15, 0.2) is 0 Å². The molecule has 0 bridgehead atoms. The number of ether oxygens (including phenoxy) is 1. The van der Waals surface area contributed by atoms with Gasteiger partial charge in [0.25, 0.3) is 0 Å². The molecule has 134 valence electrons. The lowest BCUT2D eigenvalue weighted by Gasteiger charge is -2.32. The first kappa shape index (κ1) is 17.5. The highest BCUT2D eigenvalue weighted by Crippen LogP contribution is 2.20. The molecule has 3 rings (SSSR count). The summed E-state index contributed by atoms with van der Waals surface area (Å²) in [6.07, 6.45) is 8.87. The molecule has 1 aliphatic heterocycles. The number of imidazole rings is 1. The van der Waals surface area contributed by atoms with E-state index in [0.29, 0.717) is 24.7 Å². The second-order valence-corrected chi connectivity index (χ2v) is 6.52. The maximum absolute atomic E-state index is 12.9. The smallest absolute Gasteiger partial charge is 0.222 e. The minimum atomic E-state index is -0.266. The van der Waals surface area contributed by atoms with Crippen molar-refractivity contribution in [3.05, 3.63) is 48.8 Å². The van der Waals surface area contributed by atoms with E-state index >= 15 is 0 Å². The molecule has 2 aromatic rings. The summed E-state index contributed by atoms with van der Waals surface area (Å²) >= 11 is 0. The standard InChI is InChI=1S/C19H24FN3O2/c20-17-5-7-18(8-6-17)25-14-16-3-1-11-23(13-16)19(24)4-2-10-22-12-9-21-15-22/h5-9,12,15-16H,1-4,10-11,13-14H2/t16-/m1/s1. The number of piperidine rings is 1. The van der Waals surface area contributed by atoms with E-state index in [-0.39, 0.29) is 11.7 Å². The highest BCUT2D eigenvalue weighted by atomic mass is 19.1. The molecular weight excluding hydrogens is 321 g/mol. The molecular formula is C19H24FN3O2. The van der Waals surface area contributed by atoms with Gasteiger partial charge in [0.05, 0.1) is 12.9 Å². The summed E-state index contributed by atoms with van der Waals surface area (Å²) in [7, 11) is 0. The van der Waals surface area contributed by atoms with Crippen molar-refractivity contribution in [1.82, 2.24) is 14.5 Å². The fourth-order valence-corrected chi connectivity index (χ4v) is 3.16. The van der Waals surface area contributed by atoms with Crippen molar-refractivity contribution in [2.75, 3.05) is 19.7 Å². The predicted molar refractivity (Wildman–Crippen MR) is 92.7 cm³/mol. The van der Waals surface area contributed by atoms with Gasteiger partial charge in [-0.05, 0) is 43.5 Å². The number of carbonyl (C=O) groups excluding carboxylic acids is 1. The Balaban J connectivity index is 1.40. The summed E-state index contributed by atoms with van der Waals surface area (Å²) < 4.78 is 20.6. The number of rotatable bonds is 7. The van der Waals surface area contributed by atoms with Gasteiger partial charge in [-0.25, -0.2) is 9.37 Å². The first-order chi connectivity index (χ1) is 12.2. The Morgan fingerprint density at radius 2 is 2.16 bits per heavy atom. The minimum absolute atomic E-state index is 0.214. The second kappa shape index (κ2) is 8.65. The van der Waals surface area contributed by atoms with Crippen molar-refractivity contribution in [3.8, 4) is 5.75 Å². The van der Waals surface area contributed by atoms with Gasteiger partial charge in [0, 0.05) is 44.4 Å². The SMILES string of the molecule is O=C(CCCn1ccnc1)N1CCC[C@@H](COc2ccc(F)cc2)C1. The highest BCUT2D eigenvalue weighted by molar-refractivity contribution is 5.76. The molecule has 1 fully saturated rings. The molecule has 0 aliphatic carbocycles. The van der Waals surface area contributed by atoms with Crippen molar-refractivity contribution in [1.29, 1.82) is 0 Å². The number of likely N-dealkylation sites (tertiary alicyclic amines) is 1. The van der Waals surface area contributed by atoms with Gasteiger partial charge in [0.1, 0.15) is 11.6 Å². The van der Waals surface area contributed by atoms with Crippen LogP contribution in [0.5, 0.6) is 5.75 Å². The molecule has 0 spiro atoms. The number of amides is 1. The van der Waals surface area contributed by atoms with Gasteiger partial charge in [-0.2, -0.15) is 0 Å². The number of hydrogen-bond donors (Lipinski definition) is 0. The second-order valence-electron chi connectivity index (χ2n) is 6.52. The van der Waals surface area contributed by atoms with Gasteiger partial charge in [-0.1, -0.05) is 0 Å². The number of hydrogen-bond acceptors (Lipinski definition) is 3. The van der Waals surface area contributed by atoms with Gasteiger partial charge in [0.2, 0.25) is 5.91 Å². The van der Waals surface area contributed by atoms with E-state index in [1.165, 1.54) is 12.1 Å². The molecule has 0 unspecified atom stereocenters. The molecule has 6 heteroatoms. The lowest BCUT2D eigenvalue weighted by Crippen LogP contribution is -2.41. The van der Waals surface area contributed by atoms with E-state index in [1.54, 1.807) is 24.7 Å². The topological polar surface area (TPSA) is 47.4 Å². The molecule has 1 atom stereocenters. The van der Waals surface area contributed by atoms with Crippen molar-refractivity contribution < 1.29 is 13.9 Å². The van der Waals surface area contributed by atoms with Crippen LogP contribution in [-0.4, -0.2) is 40.1 Å². The van der Waals surface area contributed by atoms with E-state index in [2.05, 4.69) is 4.98 Å². The lowest BCUT2D eigenvalue weighted by atomic mass is 9.98. The lowest BCUT2D eigenvalue weighted by molar-refractivity contribution is -0.133. The van der Waals surface area contributed by atoms with E-state index in [1.807, 2.05) is 15.7 Å². The normalized spacial score (nSPS) is 17.5. The quantitative estimate of drug-likeness (QED) is 0.775. The van der Waals surface area contributed by atoms with Crippen LogP contribution in [0.25, 0.3) is 0 Å². The van der Waals surface area contributed by atoms with Gasteiger partial charge in [-0.15, -0.1) is 0 Å². The van der Waals surface area contributed by atoms with Crippen LogP contribution in [0, 0.1) is 11.7 Å².